The highest BCUT2D eigenvalue weighted by atomic mass is 28.3. The molecule has 0 saturated heterocycles. The first-order valence-corrected chi connectivity index (χ1v) is 44.4. The van der Waals surface area contributed by atoms with Crippen molar-refractivity contribution >= 4 is 160 Å². The van der Waals surface area contributed by atoms with Crippen LogP contribution in [0.15, 0.2) is 376 Å². The zero-order chi connectivity index (χ0) is 71.6. The van der Waals surface area contributed by atoms with Gasteiger partial charge in [-0.1, -0.05) is 365 Å². The Morgan fingerprint density at radius 2 is 0.673 bits per heavy atom. The van der Waals surface area contributed by atoms with E-state index in [-0.39, 0.29) is 17.7 Å². The minimum absolute atomic E-state index is 0.216. The Balaban J connectivity index is 1.01. The highest BCUT2D eigenvalue weighted by Gasteiger charge is 2.62. The maximum Gasteiger partial charge on any atom is 0.252 e. The third-order valence-corrected chi connectivity index (χ3v) is 39.9. The molecule has 1 aromatic heterocycles. The normalized spacial score (nSPS) is 16.3. The molecule has 2 atom stereocenters. The van der Waals surface area contributed by atoms with Crippen LogP contribution in [0.3, 0.4) is 0 Å². The van der Waals surface area contributed by atoms with Crippen molar-refractivity contribution < 1.29 is 0 Å². The number of hydrogen-bond donors (Lipinski definition) is 0. The number of aryl methyl sites for hydroxylation is 2. The molecule has 1 saturated carbocycles. The number of nitrogens with zero attached hydrogens (tertiary/aromatic N) is 3. The number of fused-ring (bicyclic) bond motifs is 10. The molecule has 4 aliphatic rings. The first-order valence-electron chi connectivity index (χ1n) is 38.4. The van der Waals surface area contributed by atoms with Gasteiger partial charge in [-0.3, -0.25) is 0 Å². The molecule has 16 aromatic rings. The predicted molar refractivity (Wildman–Crippen MR) is 463 cm³/mol. The molecule has 4 heterocycles. The summed E-state index contributed by atoms with van der Waals surface area (Å²) in [5.74, 6) is 0. The van der Waals surface area contributed by atoms with Crippen molar-refractivity contribution in [3.63, 3.8) is 0 Å². The van der Waals surface area contributed by atoms with Crippen LogP contribution in [0.5, 0.6) is 0 Å². The topological polar surface area (TPSA) is 11.4 Å². The van der Waals surface area contributed by atoms with Crippen molar-refractivity contribution in [2.75, 3.05) is 9.80 Å². The highest BCUT2D eigenvalue weighted by molar-refractivity contribution is 7.21. The van der Waals surface area contributed by atoms with Crippen molar-refractivity contribution in [3.8, 4) is 5.69 Å². The van der Waals surface area contributed by atoms with Gasteiger partial charge < -0.3 is 14.4 Å². The number of aromatic nitrogens is 1. The van der Waals surface area contributed by atoms with Crippen LogP contribution < -0.4 is 88.4 Å². The van der Waals surface area contributed by atoms with Gasteiger partial charge in [0.05, 0.1) is 16.7 Å². The van der Waals surface area contributed by atoms with E-state index in [2.05, 4.69) is 418 Å². The predicted octanol–water partition coefficient (Wildman–Crippen LogP) is 13.9. The van der Waals surface area contributed by atoms with Gasteiger partial charge in [-0.2, -0.15) is 0 Å². The molecule has 0 radical (unpaired) electrons. The number of benzene rings is 15. The highest BCUT2D eigenvalue weighted by Crippen LogP contribution is 2.62. The molecule has 0 spiro atoms. The molecular weight excluding hydrogens is 1340 g/mol. The van der Waals surface area contributed by atoms with Crippen LogP contribution in [0.2, 0.25) is 0 Å². The maximum absolute atomic E-state index is 3.30. The molecule has 512 valence electrons. The third kappa shape index (κ3) is 9.50. The Kier molecular flexibility index (Phi) is 15.4. The van der Waals surface area contributed by atoms with Gasteiger partial charge in [-0.05, 0) is 160 Å². The summed E-state index contributed by atoms with van der Waals surface area (Å²) < 4.78 is 2.79. The van der Waals surface area contributed by atoms with Gasteiger partial charge in [0.1, 0.15) is 0 Å². The quantitative estimate of drug-likeness (QED) is 0.0749. The smallest absolute Gasteiger partial charge is 0.252 e. The van der Waals surface area contributed by atoms with Gasteiger partial charge in [0.25, 0.3) is 6.71 Å². The molecule has 0 bridgehead atoms. The van der Waals surface area contributed by atoms with Crippen LogP contribution in [-0.4, -0.2) is 41.0 Å². The number of hydrogen-bond acceptors (Lipinski definition) is 2. The lowest BCUT2D eigenvalue weighted by Crippen LogP contribution is -2.76. The van der Waals surface area contributed by atoms with E-state index < -0.39 is 24.2 Å². The van der Waals surface area contributed by atoms with Crippen LogP contribution in [-0.2, 0) is 5.41 Å². The molecule has 7 heteroatoms. The molecule has 3 aliphatic heterocycles. The lowest BCUT2D eigenvalue weighted by Gasteiger charge is -2.52. The van der Waals surface area contributed by atoms with Gasteiger partial charge in [-0.15, -0.1) is 0 Å². The second kappa shape index (κ2) is 25.3. The van der Waals surface area contributed by atoms with E-state index in [0.717, 1.165) is 36.3 Å². The van der Waals surface area contributed by atoms with Gasteiger partial charge in [0, 0.05) is 50.1 Å². The molecule has 15 aromatic carbocycles. The van der Waals surface area contributed by atoms with Crippen molar-refractivity contribution in [1.29, 1.82) is 0 Å². The molecule has 0 N–H and O–H groups in total. The van der Waals surface area contributed by atoms with E-state index in [0.29, 0.717) is 0 Å². The second-order valence-electron chi connectivity index (χ2n) is 31.0. The first kappa shape index (κ1) is 65.0. The zero-order valence-electron chi connectivity index (χ0n) is 61.0. The van der Waals surface area contributed by atoms with E-state index in [4.69, 9.17) is 0 Å². The van der Waals surface area contributed by atoms with Crippen molar-refractivity contribution in [1.82, 2.24) is 4.57 Å². The lowest BCUT2D eigenvalue weighted by molar-refractivity contribution is 0.195. The molecule has 1 aliphatic carbocycles. The molecule has 0 amide bonds. The lowest BCUT2D eigenvalue weighted by atomic mass is 9.33. The Morgan fingerprint density at radius 1 is 0.318 bits per heavy atom. The van der Waals surface area contributed by atoms with Crippen molar-refractivity contribution in [2.45, 2.75) is 64.3 Å². The van der Waals surface area contributed by atoms with Crippen molar-refractivity contribution in [3.05, 3.63) is 393 Å². The minimum Gasteiger partial charge on any atom is -0.335 e. The number of anilines is 5. The fraction of sp³-hybridized carbons (Fsp3) is 0.100. The van der Waals surface area contributed by atoms with E-state index >= 15 is 0 Å². The van der Waals surface area contributed by atoms with Crippen molar-refractivity contribution in [2.24, 2.45) is 0 Å². The van der Waals surface area contributed by atoms with Gasteiger partial charge in [0.2, 0.25) is 0 Å². The summed E-state index contributed by atoms with van der Waals surface area (Å²) in [5, 5.41) is 19.0. The van der Waals surface area contributed by atoms with Gasteiger partial charge >= 0.3 is 0 Å². The summed E-state index contributed by atoms with van der Waals surface area (Å²) in [6.07, 6.45) is 4.47. The largest absolute Gasteiger partial charge is 0.335 e. The van der Waals surface area contributed by atoms with E-state index in [1.54, 1.807) is 0 Å². The minimum atomic E-state index is -3.30. The summed E-state index contributed by atoms with van der Waals surface area (Å²) >= 11 is 0. The third-order valence-electron chi connectivity index (χ3n) is 25.6. The molecule has 20 rings (SSSR count). The molecule has 3 nitrogen and oxygen atoms in total. The standard InChI is InChI=1S/C100H82BN3Si3/c1-71-52-56-73(57-53-71)102(74-58-54-72(2)55-59-74)75-64-94-96-95(65-75)104-98-90(99(3)62-32-33-63-100(99,104)4)68-87(107(82-46-26-11-27-47-82,83-48-28-12-29-49-83)84-50-30-13-31-51-84)70-92(98)101(96)91-69-86(106(79-40-20-8-21-41-79,80-42-22-9-23-43-80)81-44-24-10-25-45-81)67-89-88-66-85(60-61-93(88)103(94)97(89)91)105(76-34-14-5-15-35-76,77-36-16-6-17-37-77)78-38-18-7-19-39-78/h5-31,34-61,64-70H,32-33,62-63H2,1-4H3. The fourth-order valence-electron chi connectivity index (χ4n) is 20.7. The average molecular weight is 1420 g/mol. The average Bonchev–Trinajstić information content (AvgIpc) is 1.50. The summed E-state index contributed by atoms with van der Waals surface area (Å²) in [7, 11) is -9.62. The summed E-state index contributed by atoms with van der Waals surface area (Å²) in [5.41, 5.74) is 17.4. The Morgan fingerprint density at radius 3 is 1.08 bits per heavy atom. The van der Waals surface area contributed by atoms with Crippen LogP contribution in [0.1, 0.15) is 56.2 Å². The van der Waals surface area contributed by atoms with Crippen LogP contribution in [0, 0.1) is 13.8 Å². The zero-order valence-corrected chi connectivity index (χ0v) is 64.0. The summed E-state index contributed by atoms with van der Waals surface area (Å²) in [6, 6.07) is 147. The molecule has 107 heavy (non-hydrogen) atoms. The second-order valence-corrected chi connectivity index (χ2v) is 42.4. The van der Waals surface area contributed by atoms with E-state index in [1.165, 1.54) is 141 Å². The maximum atomic E-state index is 2.98. The van der Waals surface area contributed by atoms with Crippen LogP contribution in [0.4, 0.5) is 28.4 Å². The molecular formula is C100H82BN3Si3. The fourth-order valence-corrected chi connectivity index (χ4v) is 35.1. The number of rotatable bonds is 15. The molecule has 2 unspecified atom stereocenters. The first-order chi connectivity index (χ1) is 52.6. The van der Waals surface area contributed by atoms with Gasteiger partial charge in [0.15, 0.2) is 24.2 Å². The Bertz CT molecular complexity index is 5710. The van der Waals surface area contributed by atoms with E-state index in [9.17, 15) is 0 Å². The van der Waals surface area contributed by atoms with Crippen LogP contribution >= 0.6 is 0 Å². The van der Waals surface area contributed by atoms with Gasteiger partial charge in [-0.25, -0.2) is 0 Å². The summed E-state index contributed by atoms with van der Waals surface area (Å²) in [6.45, 7) is 9.55. The molecule has 1 fully saturated rings. The SMILES string of the molecule is Cc1ccc(N(c2ccc(C)cc2)c2cc3c4c(c2)-n2c5ccc([Si](c6ccccc6)(c6ccccc6)c6ccccc6)cc5c5cc([Si](c6ccccc6)(c6ccccc6)c6ccccc6)cc(c52)B4c2cc([Si](c4ccccc4)(c4ccccc4)c4ccccc4)cc4c2N3C2(C)CCCCC42C)cc1. The Labute approximate surface area is 632 Å². The Hall–Kier alpha value is -11.6. The monoisotopic (exact) mass is 1420 g/mol. The van der Waals surface area contributed by atoms with E-state index in [1.807, 2.05) is 0 Å². The summed E-state index contributed by atoms with van der Waals surface area (Å²) in [4.78, 5) is 5.53. The van der Waals surface area contributed by atoms with Crippen LogP contribution in [0.25, 0.3) is 27.5 Å².